The van der Waals surface area contributed by atoms with Crippen LogP contribution in [-0.2, 0) is 30.7 Å². The number of nitriles is 1. The molecule has 0 bridgehead atoms. The largest absolute Gasteiger partial charge is 0.379 e. The Kier molecular flexibility index (Phi) is 5.38. The van der Waals surface area contributed by atoms with Crippen LogP contribution in [0.1, 0.15) is 33.8 Å². The molecule has 3 aromatic rings. The van der Waals surface area contributed by atoms with Crippen molar-refractivity contribution in [1.29, 1.82) is 5.26 Å². The van der Waals surface area contributed by atoms with Crippen LogP contribution in [0.5, 0.6) is 0 Å². The van der Waals surface area contributed by atoms with Gasteiger partial charge in [0, 0.05) is 31.6 Å². The molecule has 0 spiro atoms. The minimum atomic E-state index is 0.693. The highest BCUT2D eigenvalue weighted by Gasteiger charge is 2.24. The Balaban J connectivity index is 1.51. The first-order valence-electron chi connectivity index (χ1n) is 10.5. The van der Waals surface area contributed by atoms with E-state index < -0.39 is 0 Å². The molecule has 7 heteroatoms. The standard InChI is InChI=1S/C23H25N5OS/c1-27(14-17-5-2-4-16(12-17)13-24)22-21-18-6-3-7-19(18)30-23(21)26-20(25-22)15-28-8-10-29-11-9-28/h2,4-5,12H,3,6-11,14-15H2,1H3. The van der Waals surface area contributed by atoms with E-state index in [9.17, 15) is 5.26 Å². The zero-order chi connectivity index (χ0) is 20.5. The third-order valence-corrected chi connectivity index (χ3v) is 7.08. The van der Waals surface area contributed by atoms with Gasteiger partial charge in [-0.05, 0) is 42.5 Å². The fourth-order valence-corrected chi connectivity index (χ4v) is 5.69. The maximum Gasteiger partial charge on any atom is 0.146 e. The van der Waals surface area contributed by atoms with Crippen molar-refractivity contribution < 1.29 is 4.74 Å². The van der Waals surface area contributed by atoms with Crippen LogP contribution >= 0.6 is 11.3 Å². The van der Waals surface area contributed by atoms with Crippen LogP contribution in [0.25, 0.3) is 10.2 Å². The summed E-state index contributed by atoms with van der Waals surface area (Å²) in [6, 6.07) is 10.1. The van der Waals surface area contributed by atoms with Gasteiger partial charge in [0.15, 0.2) is 0 Å². The Morgan fingerprint density at radius 2 is 2.10 bits per heavy atom. The summed E-state index contributed by atoms with van der Waals surface area (Å²) in [5.41, 5.74) is 3.25. The number of hydrogen-bond donors (Lipinski definition) is 0. The number of anilines is 1. The summed E-state index contributed by atoms with van der Waals surface area (Å²) in [4.78, 5) is 17.2. The molecule has 6 nitrogen and oxygen atoms in total. The highest BCUT2D eigenvalue weighted by Crippen LogP contribution is 2.40. The van der Waals surface area contributed by atoms with E-state index in [4.69, 9.17) is 14.7 Å². The van der Waals surface area contributed by atoms with Crippen LogP contribution in [0.4, 0.5) is 5.82 Å². The first-order chi connectivity index (χ1) is 14.7. The van der Waals surface area contributed by atoms with Gasteiger partial charge in [-0.2, -0.15) is 5.26 Å². The second-order valence-corrected chi connectivity index (χ2v) is 9.14. The molecule has 30 heavy (non-hydrogen) atoms. The highest BCUT2D eigenvalue weighted by atomic mass is 32.1. The molecule has 3 heterocycles. The third-order valence-electron chi connectivity index (χ3n) is 5.90. The summed E-state index contributed by atoms with van der Waals surface area (Å²) < 4.78 is 5.48. The molecule has 2 aromatic heterocycles. The molecule has 1 saturated heterocycles. The first-order valence-corrected chi connectivity index (χ1v) is 11.3. The van der Waals surface area contributed by atoms with Crippen molar-refractivity contribution in [2.45, 2.75) is 32.4 Å². The number of thiophene rings is 1. The van der Waals surface area contributed by atoms with E-state index in [1.807, 2.05) is 29.5 Å². The molecule has 154 valence electrons. The molecule has 0 radical (unpaired) electrons. The van der Waals surface area contributed by atoms with Gasteiger partial charge in [0.25, 0.3) is 0 Å². The van der Waals surface area contributed by atoms with Crippen molar-refractivity contribution in [1.82, 2.24) is 14.9 Å². The zero-order valence-corrected chi connectivity index (χ0v) is 18.0. The summed E-state index contributed by atoms with van der Waals surface area (Å²) in [5.74, 6) is 1.90. The quantitative estimate of drug-likeness (QED) is 0.630. The van der Waals surface area contributed by atoms with Gasteiger partial charge < -0.3 is 9.64 Å². The Bertz CT molecular complexity index is 1110. The van der Waals surface area contributed by atoms with E-state index in [0.717, 1.165) is 67.7 Å². The van der Waals surface area contributed by atoms with Gasteiger partial charge in [0.1, 0.15) is 16.5 Å². The van der Waals surface area contributed by atoms with Crippen molar-refractivity contribution >= 4 is 27.4 Å². The molecule has 1 aliphatic heterocycles. The smallest absolute Gasteiger partial charge is 0.146 e. The molecule has 2 aliphatic rings. The fraction of sp³-hybridized carbons (Fsp3) is 0.435. The lowest BCUT2D eigenvalue weighted by Gasteiger charge is -2.26. The Morgan fingerprint density at radius 3 is 2.93 bits per heavy atom. The number of aromatic nitrogens is 2. The molecule has 1 aromatic carbocycles. The Labute approximate surface area is 180 Å². The summed E-state index contributed by atoms with van der Waals surface area (Å²) in [5, 5.41) is 10.5. The monoisotopic (exact) mass is 419 g/mol. The fourth-order valence-electron chi connectivity index (χ4n) is 4.41. The molecule has 0 atom stereocenters. The number of aryl methyl sites for hydroxylation is 2. The summed E-state index contributed by atoms with van der Waals surface area (Å²) in [7, 11) is 2.10. The normalized spacial score (nSPS) is 16.5. The van der Waals surface area contributed by atoms with E-state index in [1.165, 1.54) is 22.2 Å². The van der Waals surface area contributed by atoms with Crippen LogP contribution < -0.4 is 4.90 Å². The topological polar surface area (TPSA) is 65.3 Å². The summed E-state index contributed by atoms with van der Waals surface area (Å²) >= 11 is 1.84. The first kappa shape index (κ1) is 19.4. The van der Waals surface area contributed by atoms with Crippen molar-refractivity contribution in [3.05, 3.63) is 51.7 Å². The van der Waals surface area contributed by atoms with Crippen LogP contribution in [-0.4, -0.2) is 48.2 Å². The minimum Gasteiger partial charge on any atom is -0.379 e. The molecule has 1 aliphatic carbocycles. The van der Waals surface area contributed by atoms with Crippen LogP contribution in [0.15, 0.2) is 24.3 Å². The highest BCUT2D eigenvalue weighted by molar-refractivity contribution is 7.19. The van der Waals surface area contributed by atoms with E-state index in [2.05, 4.69) is 29.0 Å². The van der Waals surface area contributed by atoms with Gasteiger partial charge in [0.2, 0.25) is 0 Å². The van der Waals surface area contributed by atoms with Crippen molar-refractivity contribution in [3.63, 3.8) is 0 Å². The van der Waals surface area contributed by atoms with E-state index >= 15 is 0 Å². The Morgan fingerprint density at radius 1 is 1.23 bits per heavy atom. The maximum atomic E-state index is 9.23. The predicted molar refractivity (Wildman–Crippen MR) is 119 cm³/mol. The number of benzene rings is 1. The van der Waals surface area contributed by atoms with Crippen molar-refractivity contribution in [2.24, 2.45) is 0 Å². The van der Waals surface area contributed by atoms with Crippen LogP contribution in [0, 0.1) is 11.3 Å². The lowest BCUT2D eigenvalue weighted by atomic mass is 10.1. The second-order valence-electron chi connectivity index (χ2n) is 8.06. The van der Waals surface area contributed by atoms with E-state index in [0.29, 0.717) is 12.1 Å². The predicted octanol–water partition coefficient (Wildman–Crippen LogP) is 3.52. The third kappa shape index (κ3) is 3.79. The number of rotatable bonds is 5. The van der Waals surface area contributed by atoms with Crippen LogP contribution in [0.2, 0.25) is 0 Å². The number of morpholine rings is 1. The van der Waals surface area contributed by atoms with Gasteiger partial charge in [-0.1, -0.05) is 12.1 Å². The molecule has 5 rings (SSSR count). The number of hydrogen-bond acceptors (Lipinski definition) is 7. The SMILES string of the molecule is CN(Cc1cccc(C#N)c1)c1nc(CN2CCOCC2)nc2sc3c(c12)CCC3. The minimum absolute atomic E-state index is 0.693. The number of nitrogens with zero attached hydrogens (tertiary/aromatic N) is 5. The molecule has 0 amide bonds. The molecule has 0 unspecified atom stereocenters. The summed E-state index contributed by atoms with van der Waals surface area (Å²) in [6.45, 7) is 4.87. The van der Waals surface area contributed by atoms with Gasteiger partial charge in [0.05, 0.1) is 36.8 Å². The lowest BCUT2D eigenvalue weighted by Crippen LogP contribution is -2.36. The van der Waals surface area contributed by atoms with Crippen molar-refractivity contribution in [3.8, 4) is 6.07 Å². The van der Waals surface area contributed by atoms with Gasteiger partial charge in [-0.15, -0.1) is 11.3 Å². The van der Waals surface area contributed by atoms with Gasteiger partial charge in [-0.25, -0.2) is 9.97 Å². The van der Waals surface area contributed by atoms with E-state index in [1.54, 1.807) is 0 Å². The zero-order valence-electron chi connectivity index (χ0n) is 17.2. The molecular weight excluding hydrogens is 394 g/mol. The van der Waals surface area contributed by atoms with Gasteiger partial charge >= 0.3 is 0 Å². The van der Waals surface area contributed by atoms with Gasteiger partial charge in [-0.3, -0.25) is 4.90 Å². The van der Waals surface area contributed by atoms with Crippen molar-refractivity contribution in [2.75, 3.05) is 38.3 Å². The Hall–Kier alpha value is -2.53. The maximum absolute atomic E-state index is 9.23. The second kappa shape index (κ2) is 8.31. The van der Waals surface area contributed by atoms with Crippen LogP contribution in [0.3, 0.4) is 0 Å². The number of ether oxygens (including phenoxy) is 1. The molecule has 0 saturated carbocycles. The molecule has 0 N–H and O–H groups in total. The lowest BCUT2D eigenvalue weighted by molar-refractivity contribution is 0.0331. The van der Waals surface area contributed by atoms with E-state index in [-0.39, 0.29) is 0 Å². The average molecular weight is 420 g/mol. The molecule has 1 fully saturated rings. The summed E-state index contributed by atoms with van der Waals surface area (Å²) in [6.07, 6.45) is 3.49. The molecular formula is C23H25N5OS. The average Bonchev–Trinajstić information content (AvgIpc) is 3.35. The number of fused-ring (bicyclic) bond motifs is 3.